The minimum Gasteiger partial charge on any atom is -0.466 e. The number of carbonyl (C=O) groups is 2. The van der Waals surface area contributed by atoms with Gasteiger partial charge in [-0.25, -0.2) is 4.39 Å². The van der Waals surface area contributed by atoms with Gasteiger partial charge < -0.3 is 4.74 Å². The van der Waals surface area contributed by atoms with E-state index in [1.807, 2.05) is 0 Å². The Hall–Kier alpha value is -3.20. The summed E-state index contributed by atoms with van der Waals surface area (Å²) in [5, 5.41) is 3.87. The van der Waals surface area contributed by atoms with E-state index in [-0.39, 0.29) is 29.2 Å². The van der Waals surface area contributed by atoms with E-state index >= 15 is 0 Å². The van der Waals surface area contributed by atoms with Crippen LogP contribution in [0, 0.1) is 11.2 Å². The number of nitrogens with zero attached hydrogens (tertiary/aromatic N) is 2. The molecule has 0 fully saturated rings. The van der Waals surface area contributed by atoms with Crippen molar-refractivity contribution >= 4 is 40.0 Å². The fourth-order valence-corrected chi connectivity index (χ4v) is 4.52. The van der Waals surface area contributed by atoms with Gasteiger partial charge in [-0.3, -0.25) is 9.59 Å². The molecule has 0 N–H and O–H groups in total. The number of carbonyl (C=O) groups excluding carboxylic acids is 2. The third-order valence-corrected chi connectivity index (χ3v) is 6.51. The zero-order chi connectivity index (χ0) is 25.5. The molecule has 5 nitrogen and oxygen atoms in total. The average molecular weight is 509 g/mol. The second kappa shape index (κ2) is 9.11. The van der Waals surface area contributed by atoms with Crippen LogP contribution in [0.4, 0.5) is 17.6 Å². The number of rotatable bonds is 4. The number of allylic oxidation sites excluding steroid dienone is 2. The summed E-state index contributed by atoms with van der Waals surface area (Å²) in [6, 6.07) is 6.97. The third kappa shape index (κ3) is 4.45. The fraction of sp³-hybridized carbons (Fsp3) is 0.320. The molecule has 0 saturated carbocycles. The van der Waals surface area contributed by atoms with Crippen molar-refractivity contribution in [3.8, 4) is 0 Å². The van der Waals surface area contributed by atoms with E-state index in [0.29, 0.717) is 24.8 Å². The van der Waals surface area contributed by atoms with Gasteiger partial charge in [0.2, 0.25) is 0 Å². The second-order valence-electron chi connectivity index (χ2n) is 8.57. The van der Waals surface area contributed by atoms with E-state index in [2.05, 4.69) is 5.10 Å². The Morgan fingerprint density at radius 1 is 1.20 bits per heavy atom. The number of halogens is 5. The molecule has 0 aliphatic heterocycles. The molecule has 2 aromatic carbocycles. The van der Waals surface area contributed by atoms with Crippen LogP contribution in [0.15, 0.2) is 42.5 Å². The van der Waals surface area contributed by atoms with Crippen LogP contribution < -0.4 is 0 Å². The predicted octanol–water partition coefficient (Wildman–Crippen LogP) is 6.67. The first-order chi connectivity index (χ1) is 16.5. The van der Waals surface area contributed by atoms with E-state index in [1.165, 1.54) is 24.3 Å². The van der Waals surface area contributed by atoms with Crippen LogP contribution in [-0.4, -0.2) is 28.3 Å². The van der Waals surface area contributed by atoms with Crippen LogP contribution in [0.3, 0.4) is 0 Å². The summed E-state index contributed by atoms with van der Waals surface area (Å²) in [4.78, 5) is 25.7. The number of esters is 1. The number of alkyl halides is 3. The summed E-state index contributed by atoms with van der Waals surface area (Å²) in [7, 11) is 0. The van der Waals surface area contributed by atoms with Gasteiger partial charge in [0.1, 0.15) is 5.82 Å². The van der Waals surface area contributed by atoms with Gasteiger partial charge >= 0.3 is 12.1 Å². The third-order valence-electron chi connectivity index (χ3n) is 6.20. The van der Waals surface area contributed by atoms with Gasteiger partial charge in [-0.1, -0.05) is 29.8 Å². The SMILES string of the molecule is CCOC(=O)C1(C)CC=C(c2nn(C(=O)c3c(Cl)cccc3C(F)(F)F)c3cccc(F)c23)CC1. The van der Waals surface area contributed by atoms with E-state index < -0.39 is 39.5 Å². The molecule has 184 valence electrons. The molecule has 1 aromatic heterocycles. The second-order valence-corrected chi connectivity index (χ2v) is 8.98. The van der Waals surface area contributed by atoms with Gasteiger partial charge in [-0.05, 0) is 62.9 Å². The van der Waals surface area contributed by atoms with Gasteiger partial charge in [-0.15, -0.1) is 0 Å². The summed E-state index contributed by atoms with van der Waals surface area (Å²) in [5.41, 5.74) is -2.00. The molecule has 0 radical (unpaired) electrons. The van der Waals surface area contributed by atoms with Crippen molar-refractivity contribution in [2.75, 3.05) is 6.61 Å². The molecule has 1 aliphatic carbocycles. The Morgan fingerprint density at radius 2 is 1.91 bits per heavy atom. The molecule has 0 amide bonds. The Balaban J connectivity index is 1.84. The Kier molecular flexibility index (Phi) is 6.48. The van der Waals surface area contributed by atoms with Crippen molar-refractivity contribution in [3.63, 3.8) is 0 Å². The van der Waals surface area contributed by atoms with Crippen molar-refractivity contribution in [2.24, 2.45) is 5.41 Å². The lowest BCUT2D eigenvalue weighted by Gasteiger charge is -2.30. The zero-order valence-corrected chi connectivity index (χ0v) is 19.6. The summed E-state index contributed by atoms with van der Waals surface area (Å²) >= 11 is 6.01. The Labute approximate surface area is 203 Å². The monoisotopic (exact) mass is 508 g/mol. The van der Waals surface area contributed by atoms with E-state index in [4.69, 9.17) is 16.3 Å². The highest BCUT2D eigenvalue weighted by Gasteiger charge is 2.39. The quantitative estimate of drug-likeness (QED) is 0.291. The summed E-state index contributed by atoms with van der Waals surface area (Å²) in [5.74, 6) is -2.14. The standard InChI is InChI=1S/C25H21ClF4N2O3/c1-3-35-23(34)24(2)12-10-14(11-13-24)21-20-17(27)8-5-9-18(20)32(31-21)22(33)19-15(25(28,29)30)6-4-7-16(19)26/h4-10H,3,11-13H2,1-2H3. The predicted molar refractivity (Wildman–Crippen MR) is 122 cm³/mol. The molecule has 1 atom stereocenters. The van der Waals surface area contributed by atoms with E-state index in [1.54, 1.807) is 19.9 Å². The number of hydrogen-bond donors (Lipinski definition) is 0. The van der Waals surface area contributed by atoms with Crippen molar-refractivity contribution in [3.05, 3.63) is 70.1 Å². The molecular weight excluding hydrogens is 488 g/mol. The highest BCUT2D eigenvalue weighted by molar-refractivity contribution is 6.34. The largest absolute Gasteiger partial charge is 0.466 e. The maximum absolute atomic E-state index is 14.9. The molecule has 0 bridgehead atoms. The van der Waals surface area contributed by atoms with Crippen LogP contribution in [0.1, 0.15) is 54.7 Å². The number of hydrogen-bond acceptors (Lipinski definition) is 4. The van der Waals surface area contributed by atoms with Crippen LogP contribution in [0.25, 0.3) is 16.5 Å². The number of ether oxygens (including phenoxy) is 1. The van der Waals surface area contributed by atoms with Crippen molar-refractivity contribution in [1.29, 1.82) is 0 Å². The summed E-state index contributed by atoms with van der Waals surface area (Å²) in [6.07, 6.45) is -2.06. The smallest absolute Gasteiger partial charge is 0.417 e. The number of benzene rings is 2. The molecular formula is C25H21ClF4N2O3. The molecule has 1 aliphatic rings. The first-order valence-electron chi connectivity index (χ1n) is 10.9. The minimum atomic E-state index is -4.84. The molecule has 4 rings (SSSR count). The van der Waals surface area contributed by atoms with Gasteiger partial charge in [-0.2, -0.15) is 23.0 Å². The lowest BCUT2D eigenvalue weighted by atomic mass is 9.76. The molecule has 1 unspecified atom stereocenters. The van der Waals surface area contributed by atoms with Gasteiger partial charge in [0.15, 0.2) is 0 Å². The molecule has 0 spiro atoms. The van der Waals surface area contributed by atoms with Crippen molar-refractivity contribution in [2.45, 2.75) is 39.3 Å². The first kappa shape index (κ1) is 24.9. The topological polar surface area (TPSA) is 61.2 Å². The summed E-state index contributed by atoms with van der Waals surface area (Å²) < 4.78 is 61.7. The minimum absolute atomic E-state index is 0.00690. The van der Waals surface area contributed by atoms with Crippen molar-refractivity contribution in [1.82, 2.24) is 9.78 Å². The molecule has 35 heavy (non-hydrogen) atoms. The van der Waals surface area contributed by atoms with E-state index in [9.17, 15) is 27.2 Å². The van der Waals surface area contributed by atoms with Crippen LogP contribution in [-0.2, 0) is 15.7 Å². The molecule has 10 heteroatoms. The van der Waals surface area contributed by atoms with Crippen molar-refractivity contribution < 1.29 is 31.9 Å². The molecule has 0 saturated heterocycles. The lowest BCUT2D eigenvalue weighted by molar-refractivity contribution is -0.154. The number of fused-ring (bicyclic) bond motifs is 1. The van der Waals surface area contributed by atoms with Gasteiger partial charge in [0.25, 0.3) is 5.91 Å². The van der Waals surface area contributed by atoms with Crippen LogP contribution >= 0.6 is 11.6 Å². The highest BCUT2D eigenvalue weighted by Crippen LogP contribution is 2.42. The number of aromatic nitrogens is 2. The first-order valence-corrected chi connectivity index (χ1v) is 11.3. The van der Waals surface area contributed by atoms with Crippen LogP contribution in [0.2, 0.25) is 5.02 Å². The summed E-state index contributed by atoms with van der Waals surface area (Å²) in [6.45, 7) is 3.73. The average Bonchev–Trinajstić information content (AvgIpc) is 3.19. The van der Waals surface area contributed by atoms with E-state index in [0.717, 1.165) is 16.8 Å². The highest BCUT2D eigenvalue weighted by atomic mass is 35.5. The maximum atomic E-state index is 14.9. The lowest BCUT2D eigenvalue weighted by Crippen LogP contribution is -2.31. The normalized spacial score (nSPS) is 18.4. The maximum Gasteiger partial charge on any atom is 0.417 e. The Bertz CT molecular complexity index is 1360. The molecule has 1 heterocycles. The molecule has 3 aromatic rings. The van der Waals surface area contributed by atoms with Gasteiger partial charge in [0.05, 0.1) is 44.8 Å². The van der Waals surface area contributed by atoms with Gasteiger partial charge in [0, 0.05) is 0 Å². The zero-order valence-electron chi connectivity index (χ0n) is 18.9. The Morgan fingerprint density at radius 3 is 2.54 bits per heavy atom. The van der Waals surface area contributed by atoms with Crippen LogP contribution in [0.5, 0.6) is 0 Å². The fourth-order valence-electron chi connectivity index (χ4n) is 4.26.